The van der Waals surface area contributed by atoms with Crippen molar-refractivity contribution < 1.29 is 24.2 Å². The van der Waals surface area contributed by atoms with Gasteiger partial charge in [-0.15, -0.1) is 0 Å². The van der Waals surface area contributed by atoms with E-state index in [4.69, 9.17) is 9.47 Å². The third-order valence-corrected chi connectivity index (χ3v) is 6.79. The highest BCUT2D eigenvalue weighted by Gasteiger charge is 2.48. The number of Topliss-reactive ketones (excluding diaryl/α,β-unsaturated/α-hetero) is 1. The lowest BCUT2D eigenvalue weighted by Crippen LogP contribution is -2.29. The van der Waals surface area contributed by atoms with Crippen LogP contribution in [0.25, 0.3) is 5.76 Å². The maximum absolute atomic E-state index is 13.4. The van der Waals surface area contributed by atoms with Crippen molar-refractivity contribution in [2.75, 3.05) is 18.6 Å². The van der Waals surface area contributed by atoms with Gasteiger partial charge >= 0.3 is 0 Å². The van der Waals surface area contributed by atoms with Crippen molar-refractivity contribution in [3.05, 3.63) is 94.6 Å². The molecule has 4 rings (SSSR count). The van der Waals surface area contributed by atoms with E-state index in [1.165, 1.54) is 4.90 Å². The molecule has 1 fully saturated rings. The Labute approximate surface area is 218 Å². The fourth-order valence-electron chi connectivity index (χ4n) is 4.57. The maximum Gasteiger partial charge on any atom is 0.300 e. The first-order valence-electron chi connectivity index (χ1n) is 12.6. The Kier molecular flexibility index (Phi) is 7.97. The van der Waals surface area contributed by atoms with Crippen LogP contribution in [0.5, 0.6) is 11.5 Å². The number of unbranched alkanes of at least 4 members (excludes halogenated alkanes) is 2. The van der Waals surface area contributed by atoms with Crippen molar-refractivity contribution >= 4 is 23.1 Å². The average molecular weight is 500 g/mol. The van der Waals surface area contributed by atoms with Gasteiger partial charge in [0.2, 0.25) is 0 Å². The van der Waals surface area contributed by atoms with E-state index < -0.39 is 17.7 Å². The molecule has 1 N–H and O–H groups in total. The van der Waals surface area contributed by atoms with Gasteiger partial charge in [-0.05, 0) is 73.9 Å². The number of hydrogen-bond acceptors (Lipinski definition) is 5. The molecule has 3 aromatic rings. The van der Waals surface area contributed by atoms with Crippen LogP contribution in [0, 0.1) is 13.8 Å². The number of benzene rings is 3. The highest BCUT2D eigenvalue weighted by Crippen LogP contribution is 2.45. The van der Waals surface area contributed by atoms with E-state index in [9.17, 15) is 14.7 Å². The first-order chi connectivity index (χ1) is 17.9. The molecule has 37 heavy (non-hydrogen) atoms. The molecule has 1 unspecified atom stereocenters. The van der Waals surface area contributed by atoms with Crippen LogP contribution in [0.3, 0.4) is 0 Å². The molecule has 1 atom stereocenters. The normalized spacial score (nSPS) is 16.8. The van der Waals surface area contributed by atoms with Crippen LogP contribution in [-0.4, -0.2) is 30.5 Å². The molecule has 192 valence electrons. The van der Waals surface area contributed by atoms with E-state index in [1.54, 1.807) is 37.4 Å². The lowest BCUT2D eigenvalue weighted by atomic mass is 9.94. The number of aliphatic hydroxyl groups is 1. The van der Waals surface area contributed by atoms with Crippen molar-refractivity contribution in [3.63, 3.8) is 0 Å². The lowest BCUT2D eigenvalue weighted by molar-refractivity contribution is -0.132. The van der Waals surface area contributed by atoms with Gasteiger partial charge in [-0.3, -0.25) is 14.5 Å². The predicted molar refractivity (Wildman–Crippen MR) is 145 cm³/mol. The maximum atomic E-state index is 13.4. The number of carbonyl (C=O) groups excluding carboxylic acids is 2. The number of rotatable bonds is 9. The van der Waals surface area contributed by atoms with Gasteiger partial charge < -0.3 is 14.6 Å². The number of para-hydroxylation sites is 1. The molecule has 6 heteroatoms. The van der Waals surface area contributed by atoms with Crippen molar-refractivity contribution in [2.24, 2.45) is 0 Å². The number of amides is 1. The van der Waals surface area contributed by atoms with Crippen LogP contribution >= 0.6 is 0 Å². The highest BCUT2D eigenvalue weighted by molar-refractivity contribution is 6.51. The summed E-state index contributed by atoms with van der Waals surface area (Å²) in [5.41, 5.74) is 3.71. The van der Waals surface area contributed by atoms with E-state index in [2.05, 4.69) is 6.92 Å². The van der Waals surface area contributed by atoms with Gasteiger partial charge in [-0.1, -0.05) is 44.0 Å². The fourth-order valence-corrected chi connectivity index (χ4v) is 4.57. The van der Waals surface area contributed by atoms with Crippen LogP contribution in [0.2, 0.25) is 0 Å². The second-order valence-corrected chi connectivity index (χ2v) is 9.26. The molecular weight excluding hydrogens is 466 g/mol. The van der Waals surface area contributed by atoms with Crippen molar-refractivity contribution in [2.45, 2.75) is 46.1 Å². The number of aryl methyl sites for hydroxylation is 2. The summed E-state index contributed by atoms with van der Waals surface area (Å²) in [6.07, 6.45) is 3.19. The summed E-state index contributed by atoms with van der Waals surface area (Å²) in [5.74, 6) is -0.476. The summed E-state index contributed by atoms with van der Waals surface area (Å²) in [6.45, 7) is 6.70. The number of methoxy groups -OCH3 is 1. The zero-order valence-corrected chi connectivity index (χ0v) is 21.8. The Morgan fingerprint density at radius 3 is 2.35 bits per heavy atom. The molecule has 0 aromatic heterocycles. The Balaban J connectivity index is 1.81. The molecule has 6 nitrogen and oxygen atoms in total. The number of ether oxygens (including phenoxy) is 2. The summed E-state index contributed by atoms with van der Waals surface area (Å²) >= 11 is 0. The minimum absolute atomic E-state index is 0.0179. The monoisotopic (exact) mass is 499 g/mol. The Morgan fingerprint density at radius 2 is 1.68 bits per heavy atom. The molecule has 1 aliphatic heterocycles. The van der Waals surface area contributed by atoms with Crippen LogP contribution < -0.4 is 14.4 Å². The first-order valence-corrected chi connectivity index (χ1v) is 12.6. The Morgan fingerprint density at radius 1 is 0.946 bits per heavy atom. The summed E-state index contributed by atoms with van der Waals surface area (Å²) in [7, 11) is 1.54. The van der Waals surface area contributed by atoms with Crippen molar-refractivity contribution in [1.82, 2.24) is 0 Å². The van der Waals surface area contributed by atoms with Gasteiger partial charge in [0, 0.05) is 16.8 Å². The first kappa shape index (κ1) is 26.0. The summed E-state index contributed by atoms with van der Waals surface area (Å²) in [4.78, 5) is 28.3. The number of anilines is 1. The van der Waals surface area contributed by atoms with Gasteiger partial charge in [0.1, 0.15) is 17.3 Å². The number of hydrogen-bond donors (Lipinski definition) is 1. The largest absolute Gasteiger partial charge is 0.507 e. The molecule has 1 saturated heterocycles. The average Bonchev–Trinajstić information content (AvgIpc) is 3.18. The van der Waals surface area contributed by atoms with Crippen LogP contribution in [0.15, 0.2) is 72.3 Å². The van der Waals surface area contributed by atoms with Gasteiger partial charge in [0.15, 0.2) is 0 Å². The van der Waals surface area contributed by atoms with E-state index in [-0.39, 0.29) is 11.3 Å². The number of nitrogens with zero attached hydrogens (tertiary/aromatic N) is 1. The summed E-state index contributed by atoms with van der Waals surface area (Å²) in [5, 5.41) is 11.4. The lowest BCUT2D eigenvalue weighted by Gasteiger charge is -2.27. The highest BCUT2D eigenvalue weighted by atomic mass is 16.5. The second kappa shape index (κ2) is 11.3. The van der Waals surface area contributed by atoms with Gasteiger partial charge in [0.25, 0.3) is 11.7 Å². The van der Waals surface area contributed by atoms with E-state index in [1.807, 2.05) is 50.2 Å². The number of ketones is 1. The topological polar surface area (TPSA) is 76.1 Å². The van der Waals surface area contributed by atoms with Crippen molar-refractivity contribution in [1.29, 1.82) is 0 Å². The molecule has 0 radical (unpaired) electrons. The van der Waals surface area contributed by atoms with Gasteiger partial charge in [-0.25, -0.2) is 0 Å². The zero-order valence-electron chi connectivity index (χ0n) is 21.8. The molecular formula is C31H33NO5. The molecule has 1 amide bonds. The van der Waals surface area contributed by atoms with E-state index in [0.29, 0.717) is 34.9 Å². The van der Waals surface area contributed by atoms with E-state index in [0.717, 1.165) is 30.4 Å². The van der Waals surface area contributed by atoms with Crippen molar-refractivity contribution in [3.8, 4) is 11.5 Å². The van der Waals surface area contributed by atoms with Crippen LogP contribution in [0.1, 0.15) is 54.5 Å². The third kappa shape index (κ3) is 5.24. The Bertz CT molecular complexity index is 1330. The zero-order chi connectivity index (χ0) is 26.5. The number of carbonyl (C=O) groups is 2. The molecule has 1 aliphatic rings. The molecule has 0 aliphatic carbocycles. The standard InChI is InChI=1S/C31H33NO5/c1-5-6-9-18-37-24-16-13-22(14-17-24)29(33)27-28(25-10-7-8-11-26(25)36-4)32(31(35)30(27)34)23-15-12-20(2)21(3)19-23/h7-8,10-17,19,28,33H,5-6,9,18H2,1-4H3/b29-27+. The van der Waals surface area contributed by atoms with E-state index >= 15 is 0 Å². The molecule has 1 heterocycles. The summed E-state index contributed by atoms with van der Waals surface area (Å²) in [6, 6.07) is 18.9. The second-order valence-electron chi connectivity index (χ2n) is 9.26. The van der Waals surface area contributed by atoms with Crippen LogP contribution in [0.4, 0.5) is 5.69 Å². The fraction of sp³-hybridized carbons (Fsp3) is 0.290. The summed E-state index contributed by atoms with van der Waals surface area (Å²) < 4.78 is 11.4. The third-order valence-electron chi connectivity index (χ3n) is 6.79. The predicted octanol–water partition coefficient (Wildman–Crippen LogP) is 6.51. The quantitative estimate of drug-likeness (QED) is 0.157. The molecule has 0 saturated carbocycles. The van der Waals surface area contributed by atoms with Gasteiger partial charge in [0.05, 0.1) is 25.3 Å². The number of aliphatic hydroxyl groups excluding tert-OH is 1. The van der Waals surface area contributed by atoms with Crippen LogP contribution in [-0.2, 0) is 9.59 Å². The molecule has 0 spiro atoms. The SMILES string of the molecule is CCCCCOc1ccc(/C(O)=C2\C(=O)C(=O)N(c3ccc(C)c(C)c3)C2c2ccccc2OC)cc1. The minimum Gasteiger partial charge on any atom is -0.507 e. The molecule has 0 bridgehead atoms. The smallest absolute Gasteiger partial charge is 0.300 e. The minimum atomic E-state index is -0.858. The Hall–Kier alpha value is -4.06. The van der Waals surface area contributed by atoms with Gasteiger partial charge in [-0.2, -0.15) is 0 Å². The molecule has 3 aromatic carbocycles.